The number of anilines is 1. The summed E-state index contributed by atoms with van der Waals surface area (Å²) in [5.41, 5.74) is 7.13. The number of carbonyl (C=O) groups excluding carboxylic acids is 2. The largest absolute Gasteiger partial charge is 0.378 e. The Morgan fingerprint density at radius 1 is 1.16 bits per heavy atom. The molecule has 2 aliphatic heterocycles. The Balaban J connectivity index is 1.29. The Kier molecular flexibility index (Phi) is 7.16. The van der Waals surface area contributed by atoms with Crippen LogP contribution in [0.5, 0.6) is 0 Å². The van der Waals surface area contributed by atoms with E-state index in [4.69, 9.17) is 4.74 Å². The number of hydrogen-bond donors (Lipinski definition) is 2. The van der Waals surface area contributed by atoms with E-state index in [-0.39, 0.29) is 17.7 Å². The minimum absolute atomic E-state index is 0.135. The predicted molar refractivity (Wildman–Crippen MR) is 120 cm³/mol. The van der Waals surface area contributed by atoms with Gasteiger partial charge >= 0.3 is 0 Å². The lowest BCUT2D eigenvalue weighted by Gasteiger charge is -2.32. The maximum absolute atomic E-state index is 12.7. The van der Waals surface area contributed by atoms with Crippen LogP contribution in [0, 0.1) is 12.8 Å². The van der Waals surface area contributed by atoms with Gasteiger partial charge < -0.3 is 9.64 Å². The fourth-order valence-electron chi connectivity index (χ4n) is 4.01. The van der Waals surface area contributed by atoms with Gasteiger partial charge in [-0.3, -0.25) is 25.3 Å². The van der Waals surface area contributed by atoms with Crippen molar-refractivity contribution in [2.45, 2.75) is 26.3 Å². The maximum Gasteiger partial charge on any atom is 0.281 e. The molecular formula is C22H29N5O3S. The normalized spacial score (nSPS) is 19.8. The molecule has 0 saturated carbocycles. The standard InChI is InChI=1S/C22H29N5O3S/c1-16-19(31-22(23-16)27-10-12-30-13-11-27)21(29)25-24-20(28)18-8-5-9-26(15-18)14-17-6-3-2-4-7-17/h2-4,6-7,18H,5,8-15H2,1H3,(H,24,28)(H,25,29). The first-order valence-corrected chi connectivity index (χ1v) is 11.6. The summed E-state index contributed by atoms with van der Waals surface area (Å²) in [6.45, 7) is 7.20. The lowest BCUT2D eigenvalue weighted by Crippen LogP contribution is -2.48. The van der Waals surface area contributed by atoms with Gasteiger partial charge in [0, 0.05) is 26.2 Å². The Labute approximate surface area is 186 Å². The smallest absolute Gasteiger partial charge is 0.281 e. The third kappa shape index (κ3) is 5.61. The lowest BCUT2D eigenvalue weighted by atomic mass is 9.97. The van der Waals surface area contributed by atoms with Gasteiger partial charge in [-0.2, -0.15) is 0 Å². The number of aryl methyl sites for hydroxylation is 1. The van der Waals surface area contributed by atoms with E-state index in [9.17, 15) is 9.59 Å². The van der Waals surface area contributed by atoms with Crippen molar-refractivity contribution in [3.63, 3.8) is 0 Å². The van der Waals surface area contributed by atoms with Gasteiger partial charge in [-0.05, 0) is 31.9 Å². The minimum atomic E-state index is -0.320. The fraction of sp³-hybridized carbons (Fsp3) is 0.500. The molecule has 0 spiro atoms. The first kappa shape index (κ1) is 21.7. The SMILES string of the molecule is Cc1nc(N2CCOCC2)sc1C(=O)NNC(=O)C1CCCN(Cc2ccccc2)C1. The average Bonchev–Trinajstić information content (AvgIpc) is 3.20. The number of benzene rings is 1. The predicted octanol–water partition coefficient (Wildman–Crippen LogP) is 1.96. The van der Waals surface area contributed by atoms with E-state index in [0.717, 1.165) is 44.2 Å². The Morgan fingerprint density at radius 2 is 1.94 bits per heavy atom. The van der Waals surface area contributed by atoms with Crippen LogP contribution >= 0.6 is 11.3 Å². The van der Waals surface area contributed by atoms with Crippen LogP contribution in [0.3, 0.4) is 0 Å². The molecule has 0 bridgehead atoms. The number of amides is 2. The minimum Gasteiger partial charge on any atom is -0.378 e. The van der Waals surface area contributed by atoms with E-state index in [1.54, 1.807) is 0 Å². The fourth-order valence-corrected chi connectivity index (χ4v) is 5.03. The van der Waals surface area contributed by atoms with Gasteiger partial charge in [-0.15, -0.1) is 0 Å². The van der Waals surface area contributed by atoms with E-state index in [1.165, 1.54) is 16.9 Å². The molecule has 4 rings (SSSR count). The van der Waals surface area contributed by atoms with Crippen molar-refractivity contribution >= 4 is 28.3 Å². The first-order valence-electron chi connectivity index (χ1n) is 10.8. The highest BCUT2D eigenvalue weighted by Crippen LogP contribution is 2.26. The van der Waals surface area contributed by atoms with Crippen molar-refractivity contribution in [2.24, 2.45) is 5.92 Å². The molecule has 2 amide bonds. The van der Waals surface area contributed by atoms with Crippen LogP contribution in [0.25, 0.3) is 0 Å². The number of carbonyl (C=O) groups is 2. The Bertz CT molecular complexity index is 898. The zero-order chi connectivity index (χ0) is 21.6. The number of piperidine rings is 1. The van der Waals surface area contributed by atoms with Crippen LogP contribution < -0.4 is 15.8 Å². The third-order valence-electron chi connectivity index (χ3n) is 5.70. The summed E-state index contributed by atoms with van der Waals surface area (Å²) in [5.74, 6) is -0.592. The molecule has 2 aromatic rings. The Morgan fingerprint density at radius 3 is 2.71 bits per heavy atom. The number of hydrazine groups is 1. The van der Waals surface area contributed by atoms with Crippen molar-refractivity contribution < 1.29 is 14.3 Å². The van der Waals surface area contributed by atoms with Crippen LogP contribution in [0.4, 0.5) is 5.13 Å². The second-order valence-electron chi connectivity index (χ2n) is 8.01. The summed E-state index contributed by atoms with van der Waals surface area (Å²) in [4.78, 5) is 34.8. The molecule has 1 atom stereocenters. The van der Waals surface area contributed by atoms with E-state index in [1.807, 2.05) is 25.1 Å². The third-order valence-corrected chi connectivity index (χ3v) is 6.91. The monoisotopic (exact) mass is 443 g/mol. The average molecular weight is 444 g/mol. The highest BCUT2D eigenvalue weighted by molar-refractivity contribution is 7.17. The number of thiazole rings is 1. The number of hydrogen-bond acceptors (Lipinski definition) is 7. The van der Waals surface area contributed by atoms with Crippen LogP contribution in [-0.4, -0.2) is 61.1 Å². The van der Waals surface area contributed by atoms with Crippen LogP contribution in [0.15, 0.2) is 30.3 Å². The number of nitrogens with one attached hydrogen (secondary N) is 2. The van der Waals surface area contributed by atoms with Crippen LogP contribution in [0.2, 0.25) is 0 Å². The molecule has 1 unspecified atom stereocenters. The molecule has 2 saturated heterocycles. The summed E-state index contributed by atoms with van der Waals surface area (Å²) in [6, 6.07) is 10.3. The number of ether oxygens (including phenoxy) is 1. The van der Waals surface area contributed by atoms with Gasteiger partial charge in [-0.25, -0.2) is 4.98 Å². The number of rotatable bonds is 5. The molecule has 1 aromatic heterocycles. The lowest BCUT2D eigenvalue weighted by molar-refractivity contribution is -0.127. The highest BCUT2D eigenvalue weighted by atomic mass is 32.1. The summed E-state index contributed by atoms with van der Waals surface area (Å²) >= 11 is 1.35. The van der Waals surface area contributed by atoms with Crippen molar-refractivity contribution in [3.8, 4) is 0 Å². The van der Waals surface area contributed by atoms with Crippen LogP contribution in [-0.2, 0) is 16.1 Å². The van der Waals surface area contributed by atoms with Gasteiger partial charge in [0.1, 0.15) is 4.88 Å². The van der Waals surface area contributed by atoms with E-state index in [2.05, 4.69) is 37.8 Å². The molecule has 31 heavy (non-hydrogen) atoms. The summed E-state index contributed by atoms with van der Waals surface area (Å²) in [5, 5.41) is 0.820. The number of aromatic nitrogens is 1. The highest BCUT2D eigenvalue weighted by Gasteiger charge is 2.27. The number of likely N-dealkylation sites (tertiary alicyclic amines) is 1. The van der Waals surface area contributed by atoms with Crippen molar-refractivity contribution in [3.05, 3.63) is 46.5 Å². The number of morpholine rings is 1. The first-order chi connectivity index (χ1) is 15.1. The molecule has 2 aliphatic rings. The van der Waals surface area contributed by atoms with Gasteiger partial charge in [0.25, 0.3) is 5.91 Å². The zero-order valence-corrected chi connectivity index (χ0v) is 18.6. The van der Waals surface area contributed by atoms with Gasteiger partial charge in [0.2, 0.25) is 5.91 Å². The molecule has 2 N–H and O–H groups in total. The van der Waals surface area contributed by atoms with E-state index < -0.39 is 0 Å². The molecule has 0 radical (unpaired) electrons. The molecular weight excluding hydrogens is 414 g/mol. The Hall–Kier alpha value is -2.49. The number of nitrogens with zero attached hydrogens (tertiary/aromatic N) is 3. The van der Waals surface area contributed by atoms with Crippen LogP contribution in [0.1, 0.15) is 33.8 Å². The topological polar surface area (TPSA) is 86.8 Å². The van der Waals surface area contributed by atoms with E-state index >= 15 is 0 Å². The molecule has 9 heteroatoms. The molecule has 3 heterocycles. The molecule has 2 fully saturated rings. The second kappa shape index (κ2) is 10.2. The quantitative estimate of drug-likeness (QED) is 0.687. The molecule has 1 aromatic carbocycles. The van der Waals surface area contributed by atoms with Gasteiger partial charge in [0.05, 0.1) is 24.8 Å². The summed E-state index contributed by atoms with van der Waals surface area (Å²) < 4.78 is 5.37. The van der Waals surface area contributed by atoms with E-state index in [0.29, 0.717) is 30.3 Å². The van der Waals surface area contributed by atoms with Gasteiger partial charge in [0.15, 0.2) is 5.13 Å². The second-order valence-corrected chi connectivity index (χ2v) is 8.99. The summed E-state index contributed by atoms with van der Waals surface area (Å²) in [6.07, 6.45) is 1.80. The van der Waals surface area contributed by atoms with Gasteiger partial charge in [-0.1, -0.05) is 41.7 Å². The molecule has 8 nitrogen and oxygen atoms in total. The van der Waals surface area contributed by atoms with Crippen molar-refractivity contribution in [2.75, 3.05) is 44.3 Å². The maximum atomic E-state index is 12.7. The van der Waals surface area contributed by atoms with Crippen molar-refractivity contribution in [1.29, 1.82) is 0 Å². The molecule has 0 aliphatic carbocycles. The zero-order valence-electron chi connectivity index (χ0n) is 17.8. The molecule has 166 valence electrons. The van der Waals surface area contributed by atoms with Crippen molar-refractivity contribution in [1.82, 2.24) is 20.7 Å². The summed E-state index contributed by atoms with van der Waals surface area (Å²) in [7, 11) is 0.